The van der Waals surface area contributed by atoms with Crippen LogP contribution >= 0.6 is 0 Å². The maximum atomic E-state index is 0. The van der Waals surface area contributed by atoms with Crippen LogP contribution in [0, 0.1) is 0 Å². The zero-order valence-electron chi connectivity index (χ0n) is 4.09. The standard InChI is InChI=1S/2Al.5O.2V/q;;5*-2;2*+5. The fraction of sp³-hybridized carbons (Fsp3) is 0. The second kappa shape index (κ2) is 198. The van der Waals surface area contributed by atoms with Crippen LogP contribution in [0.5, 0.6) is 0 Å². The molecule has 0 bridgehead atoms. The van der Waals surface area contributed by atoms with Crippen molar-refractivity contribution in [2.75, 3.05) is 0 Å². The molecule has 0 fully saturated rings. The monoisotopic (exact) mass is 236 g/mol. The molecule has 0 aromatic heterocycles. The Kier molecular flexibility index (Phi) is 5910. The van der Waals surface area contributed by atoms with Gasteiger partial charge in [-0.2, -0.15) is 0 Å². The van der Waals surface area contributed by atoms with Crippen molar-refractivity contribution in [1.29, 1.82) is 0 Å². The third-order valence-electron chi connectivity index (χ3n) is 0. The normalized spacial score (nSPS) is 0. The van der Waals surface area contributed by atoms with Crippen molar-refractivity contribution >= 4 is 34.7 Å². The van der Waals surface area contributed by atoms with E-state index in [1.54, 1.807) is 0 Å². The zero-order valence-corrected chi connectivity index (χ0v) is 9.19. The van der Waals surface area contributed by atoms with Crippen molar-refractivity contribution in [3.05, 3.63) is 0 Å². The predicted octanol–water partition coefficient (Wildman–Crippen LogP) is -1.36. The summed E-state index contributed by atoms with van der Waals surface area (Å²) < 4.78 is 0. The molecule has 0 spiro atoms. The molecule has 0 aromatic rings. The van der Waals surface area contributed by atoms with Gasteiger partial charge in [0.2, 0.25) is 0 Å². The van der Waals surface area contributed by atoms with Gasteiger partial charge in [0.05, 0.1) is 0 Å². The van der Waals surface area contributed by atoms with Crippen LogP contribution in [0.15, 0.2) is 0 Å². The second-order valence-electron chi connectivity index (χ2n) is 0. The van der Waals surface area contributed by atoms with E-state index in [-0.39, 0.29) is 99.2 Å². The number of hydrogen-bond acceptors (Lipinski definition) is 0. The zero-order chi connectivity index (χ0) is 0. The summed E-state index contributed by atoms with van der Waals surface area (Å²) in [5.74, 6) is 0. The van der Waals surface area contributed by atoms with Gasteiger partial charge >= 0.3 is 37.1 Å². The SMILES string of the molecule is [Al].[Al].[O-2].[O-2].[O-2].[O-2].[O-2].[V+5].[V+5]. The Morgan fingerprint density at radius 3 is 0.333 bits per heavy atom. The summed E-state index contributed by atoms with van der Waals surface area (Å²) in [4.78, 5) is 0. The molecular weight excluding hydrogens is 236 g/mol. The van der Waals surface area contributed by atoms with Crippen molar-refractivity contribution < 1.29 is 64.5 Å². The van der Waals surface area contributed by atoms with Gasteiger partial charge in [-0.25, -0.2) is 0 Å². The van der Waals surface area contributed by atoms with Gasteiger partial charge in [0.25, 0.3) is 0 Å². The maximum Gasteiger partial charge on any atom is 5.00 e. The molecule has 0 aromatic carbocycles. The molecule has 0 atom stereocenters. The Balaban J connectivity index is 0. The van der Waals surface area contributed by atoms with Gasteiger partial charge in [-0.05, 0) is 0 Å². The molecule has 9 heteroatoms. The van der Waals surface area contributed by atoms with Gasteiger partial charge in [0.15, 0.2) is 0 Å². The number of hydrogen-bond donors (Lipinski definition) is 0. The third-order valence-corrected chi connectivity index (χ3v) is 0. The van der Waals surface area contributed by atoms with Crippen LogP contribution in [0.4, 0.5) is 0 Å². The molecule has 0 unspecified atom stereocenters. The van der Waals surface area contributed by atoms with Crippen LogP contribution in [-0.4, -0.2) is 34.7 Å². The summed E-state index contributed by atoms with van der Waals surface area (Å²) in [6, 6.07) is 0. The van der Waals surface area contributed by atoms with Crippen LogP contribution in [0.3, 0.4) is 0 Å². The molecule has 0 amide bonds. The van der Waals surface area contributed by atoms with Crippen molar-refractivity contribution in [2.45, 2.75) is 0 Å². The fourth-order valence-corrected chi connectivity index (χ4v) is 0. The smallest absolute Gasteiger partial charge is 2.00 e. The Bertz CT molecular complexity index is 12.9. The largest absolute Gasteiger partial charge is 5.00 e. The van der Waals surface area contributed by atoms with Crippen LogP contribution in [0.2, 0.25) is 0 Å². The molecule has 5 nitrogen and oxygen atoms in total. The topological polar surface area (TPSA) is 142 Å². The van der Waals surface area contributed by atoms with Gasteiger partial charge < -0.3 is 27.4 Å². The molecule has 0 aliphatic rings. The van der Waals surface area contributed by atoms with E-state index >= 15 is 0 Å². The van der Waals surface area contributed by atoms with E-state index in [1.165, 1.54) is 0 Å². The molecule has 46 valence electrons. The van der Waals surface area contributed by atoms with Crippen molar-refractivity contribution in [3.63, 3.8) is 0 Å². The van der Waals surface area contributed by atoms with Crippen molar-refractivity contribution in [2.24, 2.45) is 0 Å². The Labute approximate surface area is 98.5 Å². The van der Waals surface area contributed by atoms with Crippen LogP contribution in [0.1, 0.15) is 0 Å². The first-order valence-corrected chi connectivity index (χ1v) is 0. The average Bonchev–Trinajstić information content (AvgIpc) is 0. The Hall–Kier alpha value is 2.03. The molecule has 9 heavy (non-hydrogen) atoms. The molecular formula is Al2O5V2. The van der Waals surface area contributed by atoms with E-state index in [2.05, 4.69) is 0 Å². The van der Waals surface area contributed by atoms with E-state index in [9.17, 15) is 0 Å². The van der Waals surface area contributed by atoms with E-state index < -0.39 is 0 Å². The summed E-state index contributed by atoms with van der Waals surface area (Å²) >= 11 is 0. The van der Waals surface area contributed by atoms with Gasteiger partial charge in [-0.15, -0.1) is 0 Å². The van der Waals surface area contributed by atoms with E-state index in [0.29, 0.717) is 0 Å². The average molecular weight is 236 g/mol. The minimum atomic E-state index is 0. The van der Waals surface area contributed by atoms with Gasteiger partial charge in [-0.1, -0.05) is 0 Å². The summed E-state index contributed by atoms with van der Waals surface area (Å²) in [5.41, 5.74) is 0. The first kappa shape index (κ1) is 269. The van der Waals surface area contributed by atoms with Gasteiger partial charge in [-0.3, -0.25) is 0 Å². The minimum absolute atomic E-state index is 0. The maximum absolute atomic E-state index is 0. The van der Waals surface area contributed by atoms with Gasteiger partial charge in [0, 0.05) is 34.7 Å². The minimum Gasteiger partial charge on any atom is -2.00 e. The Morgan fingerprint density at radius 1 is 0.333 bits per heavy atom. The summed E-state index contributed by atoms with van der Waals surface area (Å²) in [6.45, 7) is 0. The summed E-state index contributed by atoms with van der Waals surface area (Å²) in [6.07, 6.45) is 0. The molecule has 6 radical (unpaired) electrons. The molecule has 0 aliphatic carbocycles. The molecule has 0 rings (SSSR count). The van der Waals surface area contributed by atoms with Crippen LogP contribution in [0.25, 0.3) is 0 Å². The van der Waals surface area contributed by atoms with Gasteiger partial charge in [0.1, 0.15) is 0 Å². The summed E-state index contributed by atoms with van der Waals surface area (Å²) in [5, 5.41) is 0. The first-order valence-electron chi connectivity index (χ1n) is 0. The molecule has 0 heterocycles. The van der Waals surface area contributed by atoms with E-state index in [1.807, 2.05) is 0 Å². The Morgan fingerprint density at radius 2 is 0.333 bits per heavy atom. The second-order valence-corrected chi connectivity index (χ2v) is 0. The molecule has 0 N–H and O–H groups in total. The van der Waals surface area contributed by atoms with Crippen molar-refractivity contribution in [3.8, 4) is 0 Å². The van der Waals surface area contributed by atoms with Crippen LogP contribution in [-0.2, 0) is 64.5 Å². The third kappa shape index (κ3) is 157. The first-order chi connectivity index (χ1) is 0. The molecule has 0 aliphatic heterocycles. The predicted molar refractivity (Wildman–Crippen MR) is 14.9 cm³/mol. The van der Waals surface area contributed by atoms with Crippen molar-refractivity contribution in [1.82, 2.24) is 0 Å². The van der Waals surface area contributed by atoms with Crippen LogP contribution < -0.4 is 0 Å². The van der Waals surface area contributed by atoms with E-state index in [4.69, 9.17) is 0 Å². The summed E-state index contributed by atoms with van der Waals surface area (Å²) in [7, 11) is 0. The fourth-order valence-electron chi connectivity index (χ4n) is 0. The number of rotatable bonds is 0. The quantitative estimate of drug-likeness (QED) is 0.457. The molecule has 0 saturated heterocycles. The molecule has 0 saturated carbocycles. The van der Waals surface area contributed by atoms with E-state index in [0.717, 1.165) is 0 Å².